The second-order valence-corrected chi connectivity index (χ2v) is 7.07. The van der Waals surface area contributed by atoms with Crippen LogP contribution in [0, 0.1) is 0 Å². The van der Waals surface area contributed by atoms with Gasteiger partial charge in [0.15, 0.2) is 0 Å². The van der Waals surface area contributed by atoms with Crippen molar-refractivity contribution in [1.82, 2.24) is 5.32 Å². The van der Waals surface area contributed by atoms with Crippen LogP contribution in [0.25, 0.3) is 0 Å². The average molecular weight is 328 g/mol. The molecule has 0 fully saturated rings. The van der Waals surface area contributed by atoms with Gasteiger partial charge in [0.1, 0.15) is 5.75 Å². The highest BCUT2D eigenvalue weighted by atomic mass is 32.2. The Morgan fingerprint density at radius 1 is 1.32 bits per heavy atom. The molecule has 1 amide bonds. The number of carbonyl (C=O) groups is 1. The fourth-order valence-corrected chi connectivity index (χ4v) is 2.81. The molecular formula is C15H24N2O4S. The van der Waals surface area contributed by atoms with Gasteiger partial charge in [-0.15, -0.1) is 0 Å². The minimum Gasteiger partial charge on any atom is -0.497 e. The molecule has 124 valence electrons. The van der Waals surface area contributed by atoms with Crippen molar-refractivity contribution in [3.63, 3.8) is 0 Å². The standard InChI is InChI=1S/C15H24N2O4S/c1-5-12(2)16-15(18)10-11-17(22(4,19)20)13-6-8-14(21-3)9-7-13/h6-9,12H,5,10-11H2,1-4H3,(H,16,18). The van der Waals surface area contributed by atoms with E-state index in [2.05, 4.69) is 5.32 Å². The minimum absolute atomic E-state index is 0.0835. The molecule has 0 aromatic heterocycles. The number of hydrogen-bond acceptors (Lipinski definition) is 4. The van der Waals surface area contributed by atoms with Crippen molar-refractivity contribution in [2.75, 3.05) is 24.2 Å². The van der Waals surface area contributed by atoms with Gasteiger partial charge in [0.25, 0.3) is 0 Å². The van der Waals surface area contributed by atoms with Gasteiger partial charge in [0.2, 0.25) is 15.9 Å². The Morgan fingerprint density at radius 3 is 2.36 bits per heavy atom. The second kappa shape index (κ2) is 8.03. The van der Waals surface area contributed by atoms with E-state index in [9.17, 15) is 13.2 Å². The summed E-state index contributed by atoms with van der Waals surface area (Å²) < 4.78 is 30.2. The molecule has 0 aliphatic heterocycles. The summed E-state index contributed by atoms with van der Waals surface area (Å²) in [6, 6.07) is 6.78. The van der Waals surface area contributed by atoms with Crippen molar-refractivity contribution in [3.8, 4) is 5.75 Å². The van der Waals surface area contributed by atoms with Crippen LogP contribution in [0.5, 0.6) is 5.75 Å². The summed E-state index contributed by atoms with van der Waals surface area (Å²) in [5.74, 6) is 0.489. The molecule has 0 bridgehead atoms. The molecule has 1 aromatic rings. The molecular weight excluding hydrogens is 304 g/mol. The lowest BCUT2D eigenvalue weighted by atomic mass is 10.2. The highest BCUT2D eigenvalue weighted by molar-refractivity contribution is 7.92. The minimum atomic E-state index is -3.45. The molecule has 0 heterocycles. The third-order valence-electron chi connectivity index (χ3n) is 3.32. The van der Waals surface area contributed by atoms with Crippen LogP contribution < -0.4 is 14.4 Å². The summed E-state index contributed by atoms with van der Waals surface area (Å²) in [4.78, 5) is 11.8. The van der Waals surface area contributed by atoms with E-state index in [1.54, 1.807) is 31.4 Å². The van der Waals surface area contributed by atoms with Crippen molar-refractivity contribution in [1.29, 1.82) is 0 Å². The van der Waals surface area contributed by atoms with Gasteiger partial charge in [-0.2, -0.15) is 0 Å². The number of nitrogens with zero attached hydrogens (tertiary/aromatic N) is 1. The van der Waals surface area contributed by atoms with Crippen LogP contribution in [0.1, 0.15) is 26.7 Å². The number of nitrogens with one attached hydrogen (secondary N) is 1. The largest absolute Gasteiger partial charge is 0.497 e. The molecule has 6 nitrogen and oxygen atoms in total. The van der Waals surface area contributed by atoms with Crippen molar-refractivity contribution in [3.05, 3.63) is 24.3 Å². The van der Waals surface area contributed by atoms with E-state index in [0.717, 1.165) is 12.7 Å². The van der Waals surface area contributed by atoms with Crippen LogP contribution in [0.15, 0.2) is 24.3 Å². The maximum Gasteiger partial charge on any atom is 0.232 e. The summed E-state index contributed by atoms with van der Waals surface area (Å²) in [5.41, 5.74) is 0.514. The Hall–Kier alpha value is -1.76. The highest BCUT2D eigenvalue weighted by Crippen LogP contribution is 2.21. The molecule has 1 aromatic carbocycles. The number of amides is 1. The monoisotopic (exact) mass is 328 g/mol. The molecule has 1 N–H and O–H groups in total. The van der Waals surface area contributed by atoms with Crippen molar-refractivity contribution in [2.24, 2.45) is 0 Å². The van der Waals surface area contributed by atoms with E-state index in [1.165, 1.54) is 4.31 Å². The molecule has 1 unspecified atom stereocenters. The lowest BCUT2D eigenvalue weighted by Crippen LogP contribution is -2.37. The van der Waals surface area contributed by atoms with Gasteiger partial charge in [-0.1, -0.05) is 6.92 Å². The van der Waals surface area contributed by atoms with Crippen LogP contribution in [-0.2, 0) is 14.8 Å². The number of methoxy groups -OCH3 is 1. The molecule has 0 saturated heterocycles. The number of rotatable bonds is 8. The van der Waals surface area contributed by atoms with E-state index in [1.807, 2.05) is 13.8 Å². The van der Waals surface area contributed by atoms with Crippen LogP contribution in [0.3, 0.4) is 0 Å². The predicted octanol–water partition coefficient (Wildman–Crippen LogP) is 1.77. The van der Waals surface area contributed by atoms with Crippen molar-refractivity contribution >= 4 is 21.6 Å². The number of benzene rings is 1. The number of anilines is 1. The Bertz CT molecular complexity index is 584. The van der Waals surface area contributed by atoms with Gasteiger partial charge in [0, 0.05) is 19.0 Å². The van der Waals surface area contributed by atoms with Crippen molar-refractivity contribution < 1.29 is 17.9 Å². The molecule has 0 aliphatic rings. The lowest BCUT2D eigenvalue weighted by Gasteiger charge is -2.22. The summed E-state index contributed by atoms with van der Waals surface area (Å²) in [6.45, 7) is 3.99. The summed E-state index contributed by atoms with van der Waals surface area (Å²) in [6.07, 6.45) is 2.08. The first-order valence-corrected chi connectivity index (χ1v) is 9.04. The number of carbonyl (C=O) groups excluding carboxylic acids is 1. The second-order valence-electron chi connectivity index (χ2n) is 5.16. The van der Waals surface area contributed by atoms with E-state index >= 15 is 0 Å². The first-order chi connectivity index (χ1) is 10.3. The third-order valence-corrected chi connectivity index (χ3v) is 4.52. The predicted molar refractivity (Wildman–Crippen MR) is 87.7 cm³/mol. The average Bonchev–Trinajstić information content (AvgIpc) is 2.46. The third kappa shape index (κ3) is 5.55. The Labute approximate surface area is 132 Å². The maximum absolute atomic E-state index is 11.9. The quantitative estimate of drug-likeness (QED) is 0.789. The molecule has 0 saturated carbocycles. The van der Waals surface area contributed by atoms with Crippen LogP contribution >= 0.6 is 0 Å². The molecule has 0 aliphatic carbocycles. The summed E-state index contributed by atoms with van der Waals surface area (Å²) in [7, 11) is -1.91. The van der Waals surface area contributed by atoms with E-state index in [4.69, 9.17) is 4.74 Å². The van der Waals surface area contributed by atoms with E-state index in [-0.39, 0.29) is 24.9 Å². The van der Waals surface area contributed by atoms with Gasteiger partial charge < -0.3 is 10.1 Å². The fourth-order valence-electron chi connectivity index (χ4n) is 1.89. The Morgan fingerprint density at radius 2 is 1.91 bits per heavy atom. The molecule has 0 spiro atoms. The van der Waals surface area contributed by atoms with Crippen LogP contribution in [0.4, 0.5) is 5.69 Å². The maximum atomic E-state index is 11.9. The van der Waals surface area contributed by atoms with Gasteiger partial charge in [0.05, 0.1) is 19.1 Å². The molecule has 1 atom stereocenters. The molecule has 1 rings (SSSR count). The lowest BCUT2D eigenvalue weighted by molar-refractivity contribution is -0.121. The molecule has 7 heteroatoms. The van der Waals surface area contributed by atoms with E-state index < -0.39 is 10.0 Å². The topological polar surface area (TPSA) is 75.7 Å². The number of hydrogen-bond donors (Lipinski definition) is 1. The van der Waals surface area contributed by atoms with Gasteiger partial charge in [-0.3, -0.25) is 9.10 Å². The molecule has 0 radical (unpaired) electrons. The van der Waals surface area contributed by atoms with Crippen LogP contribution in [-0.4, -0.2) is 40.3 Å². The van der Waals surface area contributed by atoms with Crippen molar-refractivity contribution in [2.45, 2.75) is 32.7 Å². The zero-order valence-corrected chi connectivity index (χ0v) is 14.3. The van der Waals surface area contributed by atoms with Gasteiger partial charge >= 0.3 is 0 Å². The summed E-state index contributed by atoms with van der Waals surface area (Å²) in [5, 5.41) is 2.83. The van der Waals surface area contributed by atoms with Gasteiger partial charge in [-0.25, -0.2) is 8.42 Å². The SMILES string of the molecule is CCC(C)NC(=O)CCN(c1ccc(OC)cc1)S(C)(=O)=O. The zero-order valence-electron chi connectivity index (χ0n) is 13.5. The van der Waals surface area contributed by atoms with Crippen LogP contribution in [0.2, 0.25) is 0 Å². The highest BCUT2D eigenvalue weighted by Gasteiger charge is 2.19. The summed E-state index contributed by atoms with van der Waals surface area (Å²) >= 11 is 0. The normalized spacial score (nSPS) is 12.5. The van der Waals surface area contributed by atoms with Gasteiger partial charge in [-0.05, 0) is 37.6 Å². The number of sulfonamides is 1. The smallest absolute Gasteiger partial charge is 0.232 e. The Kier molecular flexibility index (Phi) is 6.67. The first kappa shape index (κ1) is 18.3. The first-order valence-electron chi connectivity index (χ1n) is 7.19. The fraction of sp³-hybridized carbons (Fsp3) is 0.533. The Balaban J connectivity index is 2.80. The zero-order chi connectivity index (χ0) is 16.8. The molecule has 22 heavy (non-hydrogen) atoms. The van der Waals surface area contributed by atoms with E-state index in [0.29, 0.717) is 11.4 Å². The number of ether oxygens (including phenoxy) is 1.